The first-order valence-electron chi connectivity index (χ1n) is 8.22. The molecule has 1 rings (SSSR count). The Balaban J connectivity index is 2.83. The lowest BCUT2D eigenvalue weighted by molar-refractivity contribution is -0.140. The first-order valence-corrected chi connectivity index (χ1v) is 8.22. The molecule has 0 aromatic rings. The summed E-state index contributed by atoms with van der Waals surface area (Å²) in [4.78, 5) is 35.3. The van der Waals surface area contributed by atoms with Crippen molar-refractivity contribution in [2.24, 2.45) is 0 Å². The standard InChI is InChI=1S/C19H27NO5/c1-12-11-14(9-10-20-18(23)25-19(3,4)5)13(2)15(17(12)22)7-8-16(21)24-6/h9,11H,7-8,10H2,1-6H3,(H,20,23)/b14-9-. The van der Waals surface area contributed by atoms with Crippen LogP contribution in [0.2, 0.25) is 0 Å². The highest BCUT2D eigenvalue weighted by Crippen LogP contribution is 2.28. The van der Waals surface area contributed by atoms with Gasteiger partial charge in [0, 0.05) is 18.5 Å². The molecule has 1 amide bonds. The molecule has 0 saturated heterocycles. The smallest absolute Gasteiger partial charge is 0.407 e. The van der Waals surface area contributed by atoms with Gasteiger partial charge >= 0.3 is 12.1 Å². The molecule has 1 N–H and O–H groups in total. The molecule has 1 aliphatic rings. The van der Waals surface area contributed by atoms with Crippen LogP contribution in [0.3, 0.4) is 0 Å². The van der Waals surface area contributed by atoms with E-state index in [0.717, 1.165) is 11.1 Å². The van der Waals surface area contributed by atoms with E-state index < -0.39 is 11.7 Å². The Morgan fingerprint density at radius 2 is 1.88 bits per heavy atom. The maximum absolute atomic E-state index is 12.3. The molecule has 0 saturated carbocycles. The minimum Gasteiger partial charge on any atom is -0.469 e. The number of ether oxygens (including phenoxy) is 2. The van der Waals surface area contributed by atoms with Gasteiger partial charge in [-0.15, -0.1) is 0 Å². The van der Waals surface area contributed by atoms with Gasteiger partial charge in [-0.3, -0.25) is 9.59 Å². The van der Waals surface area contributed by atoms with Crippen molar-refractivity contribution in [3.8, 4) is 0 Å². The number of rotatable bonds is 5. The van der Waals surface area contributed by atoms with Crippen molar-refractivity contribution >= 4 is 17.8 Å². The summed E-state index contributed by atoms with van der Waals surface area (Å²) >= 11 is 0. The van der Waals surface area contributed by atoms with E-state index in [1.807, 2.05) is 13.0 Å². The lowest BCUT2D eigenvalue weighted by atomic mass is 9.86. The minimum absolute atomic E-state index is 0.0568. The van der Waals surface area contributed by atoms with Gasteiger partial charge in [-0.05, 0) is 63.8 Å². The van der Waals surface area contributed by atoms with Crippen molar-refractivity contribution in [2.45, 2.75) is 53.1 Å². The molecule has 0 aromatic heterocycles. The molecule has 0 bridgehead atoms. The molecule has 0 aliphatic heterocycles. The Hall–Kier alpha value is -2.37. The van der Waals surface area contributed by atoms with Crippen LogP contribution in [0, 0.1) is 0 Å². The van der Waals surface area contributed by atoms with Gasteiger partial charge in [-0.1, -0.05) is 6.08 Å². The Bertz CT molecular complexity index is 647. The third-order valence-electron chi connectivity index (χ3n) is 3.66. The number of amides is 1. The second-order valence-corrected chi connectivity index (χ2v) is 6.88. The average molecular weight is 349 g/mol. The van der Waals surface area contributed by atoms with E-state index in [-0.39, 0.29) is 24.7 Å². The maximum Gasteiger partial charge on any atom is 0.407 e. The summed E-state index contributed by atoms with van der Waals surface area (Å²) in [5, 5.41) is 2.66. The first kappa shape index (κ1) is 20.7. The van der Waals surface area contributed by atoms with E-state index in [0.29, 0.717) is 17.6 Å². The zero-order valence-corrected chi connectivity index (χ0v) is 15.8. The molecule has 0 fully saturated rings. The summed E-state index contributed by atoms with van der Waals surface area (Å²) in [6.45, 7) is 9.25. The Labute approximate surface area is 148 Å². The Morgan fingerprint density at radius 1 is 1.24 bits per heavy atom. The van der Waals surface area contributed by atoms with E-state index in [1.54, 1.807) is 33.8 Å². The second-order valence-electron chi connectivity index (χ2n) is 6.88. The predicted octanol–water partition coefficient (Wildman–Crippen LogP) is 3.24. The van der Waals surface area contributed by atoms with Gasteiger partial charge in [-0.25, -0.2) is 4.79 Å². The number of ketones is 1. The highest BCUT2D eigenvalue weighted by Gasteiger charge is 2.22. The van der Waals surface area contributed by atoms with E-state index in [2.05, 4.69) is 10.1 Å². The van der Waals surface area contributed by atoms with Crippen LogP contribution < -0.4 is 5.32 Å². The largest absolute Gasteiger partial charge is 0.469 e. The molecule has 25 heavy (non-hydrogen) atoms. The van der Waals surface area contributed by atoms with Crippen LogP contribution in [-0.2, 0) is 19.1 Å². The molecular formula is C19H27NO5. The number of Topliss-reactive ketones (excluding diaryl/α,β-unsaturated/α-hetero) is 1. The lowest BCUT2D eigenvalue weighted by Crippen LogP contribution is -2.32. The fraction of sp³-hybridized carbons (Fsp3) is 0.526. The third-order valence-corrected chi connectivity index (χ3v) is 3.66. The number of carbonyl (C=O) groups excluding carboxylic acids is 3. The number of nitrogens with one attached hydrogen (secondary N) is 1. The molecule has 0 aromatic carbocycles. The predicted molar refractivity (Wildman–Crippen MR) is 95.0 cm³/mol. The molecule has 0 atom stereocenters. The summed E-state index contributed by atoms with van der Waals surface area (Å²) in [6.07, 6.45) is 3.61. The number of carbonyl (C=O) groups is 3. The third kappa shape index (κ3) is 6.57. The summed E-state index contributed by atoms with van der Waals surface area (Å²) in [5.41, 5.74) is 2.32. The molecule has 138 valence electrons. The lowest BCUT2D eigenvalue weighted by Gasteiger charge is -2.20. The van der Waals surface area contributed by atoms with Crippen LogP contribution in [0.4, 0.5) is 4.79 Å². The molecular weight excluding hydrogens is 322 g/mol. The molecule has 6 nitrogen and oxygen atoms in total. The Morgan fingerprint density at radius 3 is 2.44 bits per heavy atom. The molecule has 6 heteroatoms. The number of methoxy groups -OCH3 is 1. The van der Waals surface area contributed by atoms with Crippen molar-refractivity contribution in [2.75, 3.05) is 13.7 Å². The zero-order chi connectivity index (χ0) is 19.2. The maximum atomic E-state index is 12.3. The second kappa shape index (κ2) is 8.65. The van der Waals surface area contributed by atoms with E-state index in [9.17, 15) is 14.4 Å². The van der Waals surface area contributed by atoms with Gasteiger partial charge in [0.15, 0.2) is 5.78 Å². The van der Waals surface area contributed by atoms with Crippen molar-refractivity contribution in [3.63, 3.8) is 0 Å². The molecule has 1 aliphatic carbocycles. The van der Waals surface area contributed by atoms with Crippen molar-refractivity contribution in [3.05, 3.63) is 34.4 Å². The monoisotopic (exact) mass is 349 g/mol. The van der Waals surface area contributed by atoms with Crippen LogP contribution >= 0.6 is 0 Å². The average Bonchev–Trinajstić information content (AvgIpc) is 2.50. The van der Waals surface area contributed by atoms with Gasteiger partial charge in [0.05, 0.1) is 7.11 Å². The fourth-order valence-electron chi connectivity index (χ4n) is 2.39. The van der Waals surface area contributed by atoms with Crippen LogP contribution in [0.15, 0.2) is 34.4 Å². The molecule has 0 unspecified atom stereocenters. The Kier molecular flexibility index (Phi) is 7.15. The van der Waals surface area contributed by atoms with Crippen molar-refractivity contribution in [1.82, 2.24) is 5.32 Å². The normalized spacial score (nSPS) is 16.6. The first-order chi connectivity index (χ1) is 11.5. The van der Waals surface area contributed by atoms with E-state index >= 15 is 0 Å². The number of alkyl carbamates (subject to hydrolysis) is 1. The molecule has 0 heterocycles. The summed E-state index contributed by atoms with van der Waals surface area (Å²) in [6, 6.07) is 0. The van der Waals surface area contributed by atoms with Gasteiger partial charge in [0.25, 0.3) is 0 Å². The minimum atomic E-state index is -0.554. The molecule has 0 spiro atoms. The van der Waals surface area contributed by atoms with Gasteiger partial charge in [-0.2, -0.15) is 0 Å². The number of allylic oxidation sites excluding steroid dienone is 5. The highest BCUT2D eigenvalue weighted by atomic mass is 16.6. The topological polar surface area (TPSA) is 81.7 Å². The van der Waals surface area contributed by atoms with Crippen LogP contribution in [0.5, 0.6) is 0 Å². The number of esters is 1. The SMILES string of the molecule is COC(=O)CCC1=C(C)/C(=C\CNC(=O)OC(C)(C)C)C=C(C)C1=O. The van der Waals surface area contributed by atoms with Crippen LogP contribution in [0.1, 0.15) is 47.5 Å². The van der Waals surface area contributed by atoms with Crippen LogP contribution in [-0.4, -0.2) is 37.1 Å². The number of hydrogen-bond donors (Lipinski definition) is 1. The van der Waals surface area contributed by atoms with Gasteiger partial charge in [0.2, 0.25) is 0 Å². The zero-order valence-electron chi connectivity index (χ0n) is 15.8. The summed E-state index contributed by atoms with van der Waals surface area (Å²) in [5.74, 6) is -0.406. The van der Waals surface area contributed by atoms with E-state index in [1.165, 1.54) is 7.11 Å². The van der Waals surface area contributed by atoms with E-state index in [4.69, 9.17) is 4.74 Å². The quantitative estimate of drug-likeness (QED) is 0.771. The summed E-state index contributed by atoms with van der Waals surface area (Å²) < 4.78 is 9.81. The summed E-state index contributed by atoms with van der Waals surface area (Å²) in [7, 11) is 1.32. The van der Waals surface area contributed by atoms with Crippen molar-refractivity contribution < 1.29 is 23.9 Å². The van der Waals surface area contributed by atoms with Crippen molar-refractivity contribution in [1.29, 1.82) is 0 Å². The van der Waals surface area contributed by atoms with Crippen LogP contribution in [0.25, 0.3) is 0 Å². The van der Waals surface area contributed by atoms with Gasteiger partial charge in [0.1, 0.15) is 5.60 Å². The fourth-order valence-corrected chi connectivity index (χ4v) is 2.39. The number of hydrogen-bond acceptors (Lipinski definition) is 5. The van der Waals surface area contributed by atoms with Gasteiger partial charge < -0.3 is 14.8 Å². The highest BCUT2D eigenvalue weighted by molar-refractivity contribution is 6.10. The molecule has 0 radical (unpaired) electrons.